The van der Waals surface area contributed by atoms with Crippen molar-refractivity contribution in [3.63, 3.8) is 0 Å². The molecule has 0 unspecified atom stereocenters. The van der Waals surface area contributed by atoms with Crippen LogP contribution in [0.15, 0.2) is 42.6 Å². The van der Waals surface area contributed by atoms with Gasteiger partial charge in [0.15, 0.2) is 11.5 Å². The van der Waals surface area contributed by atoms with Crippen LogP contribution >= 0.6 is 0 Å². The monoisotopic (exact) mass is 360 g/mol. The van der Waals surface area contributed by atoms with Crippen LogP contribution in [0.4, 0.5) is 23.1 Å². The van der Waals surface area contributed by atoms with E-state index in [9.17, 15) is 0 Å². The summed E-state index contributed by atoms with van der Waals surface area (Å²) in [7, 11) is 0. The van der Waals surface area contributed by atoms with E-state index in [0.717, 1.165) is 40.7 Å². The van der Waals surface area contributed by atoms with Crippen molar-refractivity contribution < 1.29 is 9.47 Å². The maximum absolute atomic E-state index is 5.42. The summed E-state index contributed by atoms with van der Waals surface area (Å²) in [5.74, 6) is 2.81. The molecule has 2 heterocycles. The highest BCUT2D eigenvalue weighted by Gasteiger charge is 2.14. The molecule has 0 fully saturated rings. The van der Waals surface area contributed by atoms with Gasteiger partial charge in [-0.1, -0.05) is 6.07 Å². The average molecular weight is 360 g/mol. The van der Waals surface area contributed by atoms with E-state index in [1.807, 2.05) is 31.3 Å². The van der Waals surface area contributed by atoms with Crippen molar-refractivity contribution in [2.75, 3.05) is 17.4 Å². The van der Waals surface area contributed by atoms with Crippen molar-refractivity contribution in [2.24, 2.45) is 0 Å². The lowest BCUT2D eigenvalue weighted by Crippen LogP contribution is -2.03. The van der Waals surface area contributed by atoms with Gasteiger partial charge in [0, 0.05) is 29.2 Å². The van der Waals surface area contributed by atoms with Crippen LogP contribution in [0.25, 0.3) is 0 Å². The number of nitrogens with zero attached hydrogens (tertiary/aromatic N) is 2. The van der Waals surface area contributed by atoms with E-state index in [-0.39, 0.29) is 6.79 Å². The standard InChI is InChI=1S/C21H20N4O2/c1-13-11-22-21(24-17-7-8-18-19(10-17)27-12-26-18)25-20(13)23-16-6-5-14-3-2-4-15(14)9-16/h5-11H,2-4,12H2,1H3,(H2,22,23,24,25). The van der Waals surface area contributed by atoms with E-state index < -0.39 is 0 Å². The summed E-state index contributed by atoms with van der Waals surface area (Å²) in [6.45, 7) is 2.26. The molecule has 0 radical (unpaired) electrons. The molecule has 5 rings (SSSR count). The molecule has 0 saturated heterocycles. The number of aromatic nitrogens is 2. The Morgan fingerprint density at radius 3 is 2.67 bits per heavy atom. The molecule has 2 aliphatic rings. The molecule has 0 spiro atoms. The summed E-state index contributed by atoms with van der Waals surface area (Å²) in [4.78, 5) is 9.04. The van der Waals surface area contributed by atoms with E-state index in [4.69, 9.17) is 9.47 Å². The number of hydrogen-bond acceptors (Lipinski definition) is 6. The maximum Gasteiger partial charge on any atom is 0.231 e. The van der Waals surface area contributed by atoms with Gasteiger partial charge in [-0.15, -0.1) is 0 Å². The van der Waals surface area contributed by atoms with Crippen LogP contribution in [0.5, 0.6) is 11.5 Å². The third-order valence-corrected chi connectivity index (χ3v) is 4.96. The number of hydrogen-bond donors (Lipinski definition) is 2. The SMILES string of the molecule is Cc1cnc(Nc2ccc3c(c2)OCO3)nc1Nc1ccc2c(c1)CCC2. The number of fused-ring (bicyclic) bond motifs is 2. The number of rotatable bonds is 4. The Balaban J connectivity index is 1.38. The summed E-state index contributed by atoms with van der Waals surface area (Å²) in [5.41, 5.74) is 5.81. The van der Waals surface area contributed by atoms with Crippen molar-refractivity contribution in [1.82, 2.24) is 9.97 Å². The molecule has 2 N–H and O–H groups in total. The van der Waals surface area contributed by atoms with Crippen LogP contribution in [0, 0.1) is 6.92 Å². The van der Waals surface area contributed by atoms with Crippen LogP contribution in [-0.4, -0.2) is 16.8 Å². The number of aryl methyl sites for hydroxylation is 3. The van der Waals surface area contributed by atoms with Gasteiger partial charge >= 0.3 is 0 Å². The van der Waals surface area contributed by atoms with Crippen LogP contribution in [0.1, 0.15) is 23.1 Å². The third-order valence-electron chi connectivity index (χ3n) is 4.96. The minimum atomic E-state index is 0.259. The Kier molecular flexibility index (Phi) is 3.81. The minimum Gasteiger partial charge on any atom is -0.454 e. The van der Waals surface area contributed by atoms with Gasteiger partial charge in [0.1, 0.15) is 5.82 Å². The van der Waals surface area contributed by atoms with Crippen molar-refractivity contribution in [3.8, 4) is 11.5 Å². The zero-order chi connectivity index (χ0) is 18.2. The van der Waals surface area contributed by atoms with Crippen LogP contribution in [0.3, 0.4) is 0 Å². The lowest BCUT2D eigenvalue weighted by Gasteiger charge is -2.12. The van der Waals surface area contributed by atoms with Crippen molar-refractivity contribution in [3.05, 3.63) is 59.3 Å². The maximum atomic E-state index is 5.42. The molecule has 1 aliphatic heterocycles. The first-order chi connectivity index (χ1) is 13.2. The lowest BCUT2D eigenvalue weighted by molar-refractivity contribution is 0.174. The van der Waals surface area contributed by atoms with Gasteiger partial charge < -0.3 is 20.1 Å². The van der Waals surface area contributed by atoms with E-state index in [2.05, 4.69) is 38.8 Å². The highest BCUT2D eigenvalue weighted by molar-refractivity contribution is 5.64. The van der Waals surface area contributed by atoms with Gasteiger partial charge in [-0.2, -0.15) is 4.98 Å². The zero-order valence-electron chi connectivity index (χ0n) is 15.1. The third kappa shape index (κ3) is 3.14. The van der Waals surface area contributed by atoms with Crippen LogP contribution < -0.4 is 20.1 Å². The first kappa shape index (κ1) is 15.9. The molecule has 3 aromatic rings. The Bertz CT molecular complexity index is 1020. The van der Waals surface area contributed by atoms with Crippen LogP contribution in [0.2, 0.25) is 0 Å². The lowest BCUT2D eigenvalue weighted by atomic mass is 10.1. The molecule has 0 bridgehead atoms. The van der Waals surface area contributed by atoms with Crippen molar-refractivity contribution in [1.29, 1.82) is 0 Å². The van der Waals surface area contributed by atoms with Gasteiger partial charge in [-0.05, 0) is 61.6 Å². The van der Waals surface area contributed by atoms with Gasteiger partial charge in [0.05, 0.1) is 0 Å². The Morgan fingerprint density at radius 2 is 1.70 bits per heavy atom. The molecule has 0 amide bonds. The second kappa shape index (κ2) is 6.46. The van der Waals surface area contributed by atoms with E-state index in [1.165, 1.54) is 24.0 Å². The molecular weight excluding hydrogens is 340 g/mol. The predicted octanol–water partition coefficient (Wildman–Crippen LogP) is 4.49. The second-order valence-electron chi connectivity index (χ2n) is 6.88. The van der Waals surface area contributed by atoms with Gasteiger partial charge in [-0.3, -0.25) is 0 Å². The summed E-state index contributed by atoms with van der Waals surface area (Å²) in [5, 5.41) is 6.66. The fraction of sp³-hybridized carbons (Fsp3) is 0.238. The van der Waals surface area contributed by atoms with Crippen LogP contribution in [-0.2, 0) is 12.8 Å². The Hall–Kier alpha value is -3.28. The predicted molar refractivity (Wildman–Crippen MR) is 104 cm³/mol. The Labute approximate surface area is 157 Å². The zero-order valence-corrected chi connectivity index (χ0v) is 15.1. The highest BCUT2D eigenvalue weighted by atomic mass is 16.7. The van der Waals surface area contributed by atoms with E-state index in [1.54, 1.807) is 0 Å². The first-order valence-electron chi connectivity index (χ1n) is 9.14. The topological polar surface area (TPSA) is 68.3 Å². The summed E-state index contributed by atoms with van der Waals surface area (Å²) in [6, 6.07) is 12.3. The molecule has 0 saturated carbocycles. The number of nitrogens with one attached hydrogen (secondary N) is 2. The molecule has 136 valence electrons. The normalized spacial score (nSPS) is 14.1. The fourth-order valence-corrected chi connectivity index (χ4v) is 3.52. The van der Waals surface area contributed by atoms with Gasteiger partial charge in [0.25, 0.3) is 0 Å². The van der Waals surface area contributed by atoms with E-state index in [0.29, 0.717) is 5.95 Å². The molecule has 1 aliphatic carbocycles. The van der Waals surface area contributed by atoms with E-state index >= 15 is 0 Å². The van der Waals surface area contributed by atoms with Gasteiger partial charge in [-0.25, -0.2) is 4.98 Å². The molecular formula is C21H20N4O2. The largest absolute Gasteiger partial charge is 0.454 e. The first-order valence-corrected chi connectivity index (χ1v) is 9.14. The smallest absolute Gasteiger partial charge is 0.231 e. The number of benzene rings is 2. The fourth-order valence-electron chi connectivity index (χ4n) is 3.52. The number of anilines is 4. The minimum absolute atomic E-state index is 0.259. The second-order valence-corrected chi connectivity index (χ2v) is 6.88. The molecule has 6 heteroatoms. The average Bonchev–Trinajstić information content (AvgIpc) is 3.32. The Morgan fingerprint density at radius 1 is 0.889 bits per heavy atom. The molecule has 27 heavy (non-hydrogen) atoms. The molecule has 1 aromatic heterocycles. The summed E-state index contributed by atoms with van der Waals surface area (Å²) < 4.78 is 10.8. The number of ether oxygens (including phenoxy) is 2. The highest BCUT2D eigenvalue weighted by Crippen LogP contribution is 2.35. The summed E-state index contributed by atoms with van der Waals surface area (Å²) in [6.07, 6.45) is 5.41. The van der Waals surface area contributed by atoms with Crippen molar-refractivity contribution >= 4 is 23.1 Å². The van der Waals surface area contributed by atoms with Crippen molar-refractivity contribution in [2.45, 2.75) is 26.2 Å². The summed E-state index contributed by atoms with van der Waals surface area (Å²) >= 11 is 0. The quantitative estimate of drug-likeness (QED) is 0.714. The van der Waals surface area contributed by atoms with Gasteiger partial charge in [0.2, 0.25) is 12.7 Å². The molecule has 6 nitrogen and oxygen atoms in total. The molecule has 2 aromatic carbocycles. The molecule has 0 atom stereocenters.